The Morgan fingerprint density at radius 1 is 1.38 bits per heavy atom. The summed E-state index contributed by atoms with van der Waals surface area (Å²) in [5.74, 6) is 0.642. The lowest BCUT2D eigenvalue weighted by molar-refractivity contribution is -0.142. The summed E-state index contributed by atoms with van der Waals surface area (Å²) in [5.41, 5.74) is 1.62. The number of benzene rings is 1. The van der Waals surface area contributed by atoms with Crippen molar-refractivity contribution in [1.29, 1.82) is 0 Å². The quantitative estimate of drug-likeness (QED) is 0.869. The molecule has 1 aromatic rings. The van der Waals surface area contributed by atoms with Gasteiger partial charge in [-0.3, -0.25) is 4.79 Å². The predicted octanol–water partition coefficient (Wildman–Crippen LogP) is 3.08. The van der Waals surface area contributed by atoms with E-state index in [1.807, 2.05) is 6.07 Å². The van der Waals surface area contributed by atoms with E-state index in [9.17, 15) is 14.7 Å². The number of carbonyl (C=O) groups is 2. The van der Waals surface area contributed by atoms with Gasteiger partial charge in [0.1, 0.15) is 5.75 Å². The van der Waals surface area contributed by atoms with Crippen LogP contribution in [0.15, 0.2) is 18.2 Å². The summed E-state index contributed by atoms with van der Waals surface area (Å²) in [7, 11) is 0. The Balaban J connectivity index is 1.65. The molecule has 3 atom stereocenters. The molecule has 3 rings (SSSR count). The van der Waals surface area contributed by atoms with Gasteiger partial charge in [-0.25, -0.2) is 4.79 Å². The van der Waals surface area contributed by atoms with Crippen molar-refractivity contribution in [3.8, 4) is 5.75 Å². The molecule has 0 radical (unpaired) electrons. The van der Waals surface area contributed by atoms with Gasteiger partial charge in [0, 0.05) is 12.8 Å². The van der Waals surface area contributed by atoms with Crippen molar-refractivity contribution < 1.29 is 19.4 Å². The third-order valence-electron chi connectivity index (χ3n) is 5.12. The van der Waals surface area contributed by atoms with Crippen LogP contribution in [-0.4, -0.2) is 23.6 Å². The molecule has 0 bridgehead atoms. The minimum absolute atomic E-state index is 0.168. The van der Waals surface area contributed by atoms with E-state index in [0.717, 1.165) is 37.0 Å². The Bertz CT molecular complexity index is 628. The zero-order valence-electron chi connectivity index (χ0n) is 14.1. The molecule has 3 unspecified atom stereocenters. The van der Waals surface area contributed by atoms with E-state index in [1.165, 1.54) is 6.42 Å². The van der Waals surface area contributed by atoms with Crippen LogP contribution in [0.2, 0.25) is 0 Å². The van der Waals surface area contributed by atoms with Gasteiger partial charge in [-0.15, -0.1) is 0 Å². The third kappa shape index (κ3) is 3.89. The van der Waals surface area contributed by atoms with Crippen LogP contribution in [0, 0.1) is 11.8 Å². The molecule has 1 saturated carbocycles. The van der Waals surface area contributed by atoms with Gasteiger partial charge in [0.05, 0.1) is 6.61 Å². The first-order valence-electron chi connectivity index (χ1n) is 8.80. The number of ether oxygens (including phenoxy) is 1. The molecular weight excluding hydrogens is 306 g/mol. The monoisotopic (exact) mass is 331 g/mol. The summed E-state index contributed by atoms with van der Waals surface area (Å²) in [6, 6.07) is 4.36. The minimum Gasteiger partial charge on any atom is -0.493 e. The van der Waals surface area contributed by atoms with Crippen molar-refractivity contribution in [2.45, 2.75) is 51.5 Å². The highest BCUT2D eigenvalue weighted by atomic mass is 16.5. The van der Waals surface area contributed by atoms with E-state index in [4.69, 9.17) is 4.74 Å². The third-order valence-corrected chi connectivity index (χ3v) is 5.12. The van der Waals surface area contributed by atoms with E-state index in [1.54, 1.807) is 12.1 Å². The molecule has 0 aromatic heterocycles. The molecule has 1 fully saturated rings. The molecule has 1 aromatic carbocycles. The normalized spacial score (nSPS) is 23.9. The highest BCUT2D eigenvalue weighted by Crippen LogP contribution is 2.31. The lowest BCUT2D eigenvalue weighted by Crippen LogP contribution is -2.35. The summed E-state index contributed by atoms with van der Waals surface area (Å²) in [5, 5.41) is 12.2. The highest BCUT2D eigenvalue weighted by Gasteiger charge is 2.27. The Hall–Kier alpha value is -2.04. The molecule has 0 saturated heterocycles. The zero-order valence-corrected chi connectivity index (χ0v) is 14.1. The first kappa shape index (κ1) is 16.8. The number of hydrogen-bond acceptors (Lipinski definition) is 3. The summed E-state index contributed by atoms with van der Waals surface area (Å²) in [6.07, 6.45) is 5.71. The van der Waals surface area contributed by atoms with Crippen LogP contribution in [0.5, 0.6) is 5.75 Å². The lowest BCUT2D eigenvalue weighted by Gasteiger charge is -2.26. The number of nitrogens with one attached hydrogen (secondary N) is 1. The number of rotatable bonds is 5. The largest absolute Gasteiger partial charge is 0.493 e. The lowest BCUT2D eigenvalue weighted by atomic mass is 9.80. The Morgan fingerprint density at radius 3 is 2.96 bits per heavy atom. The summed E-state index contributed by atoms with van der Waals surface area (Å²) >= 11 is 0. The number of aliphatic carboxylic acids is 1. The van der Waals surface area contributed by atoms with Crippen molar-refractivity contribution in [3.05, 3.63) is 29.3 Å². The first-order chi connectivity index (χ1) is 11.5. The van der Waals surface area contributed by atoms with Crippen LogP contribution in [0.25, 0.3) is 0 Å². The average molecular weight is 331 g/mol. The van der Waals surface area contributed by atoms with Gasteiger partial charge in [0.25, 0.3) is 0 Å². The molecule has 1 heterocycles. The fraction of sp³-hybridized carbons (Fsp3) is 0.579. The van der Waals surface area contributed by atoms with Gasteiger partial charge in [-0.2, -0.15) is 0 Å². The topological polar surface area (TPSA) is 75.6 Å². The number of amides is 1. The number of carboxylic acids is 1. The van der Waals surface area contributed by atoms with Crippen LogP contribution >= 0.6 is 0 Å². The fourth-order valence-corrected chi connectivity index (χ4v) is 3.90. The van der Waals surface area contributed by atoms with E-state index in [2.05, 4.69) is 12.2 Å². The first-order valence-corrected chi connectivity index (χ1v) is 8.80. The number of fused-ring (bicyclic) bond motifs is 1. The average Bonchev–Trinajstić information content (AvgIpc) is 2.99. The van der Waals surface area contributed by atoms with E-state index >= 15 is 0 Å². The number of carbonyl (C=O) groups excluding carboxylic acids is 1. The second-order valence-electron chi connectivity index (χ2n) is 7.15. The predicted molar refractivity (Wildman–Crippen MR) is 89.9 cm³/mol. The standard InChI is InChI=1S/C19H25NO4/c1-12-3-2-4-13(9-12)10-17(21)20-18(19(22)23)15-5-6-16-14(11-15)7-8-24-16/h5-6,11-13,18H,2-4,7-10H2,1H3,(H,20,21)(H,22,23). The molecule has 1 amide bonds. The number of hydrogen-bond donors (Lipinski definition) is 2. The maximum atomic E-state index is 12.3. The second kappa shape index (κ2) is 7.24. The zero-order chi connectivity index (χ0) is 17.1. The molecule has 2 aliphatic rings. The van der Waals surface area contributed by atoms with Gasteiger partial charge < -0.3 is 15.2 Å². The number of carboxylic acid groups (broad SMARTS) is 1. The van der Waals surface area contributed by atoms with Crippen LogP contribution in [0.4, 0.5) is 0 Å². The molecule has 24 heavy (non-hydrogen) atoms. The fourth-order valence-electron chi connectivity index (χ4n) is 3.90. The molecule has 5 nitrogen and oxygen atoms in total. The van der Waals surface area contributed by atoms with Crippen LogP contribution in [-0.2, 0) is 16.0 Å². The molecule has 1 aliphatic heterocycles. The summed E-state index contributed by atoms with van der Waals surface area (Å²) in [6.45, 7) is 2.85. The Morgan fingerprint density at radius 2 is 2.21 bits per heavy atom. The van der Waals surface area contributed by atoms with Crippen LogP contribution < -0.4 is 10.1 Å². The highest BCUT2D eigenvalue weighted by molar-refractivity contribution is 5.84. The molecular formula is C19H25NO4. The van der Waals surface area contributed by atoms with Gasteiger partial charge in [-0.1, -0.05) is 25.8 Å². The summed E-state index contributed by atoms with van der Waals surface area (Å²) in [4.78, 5) is 24.0. The van der Waals surface area contributed by atoms with Gasteiger partial charge >= 0.3 is 5.97 Å². The molecule has 0 spiro atoms. The van der Waals surface area contributed by atoms with Gasteiger partial charge in [0.2, 0.25) is 5.91 Å². The molecule has 130 valence electrons. The minimum atomic E-state index is -1.03. The maximum absolute atomic E-state index is 12.3. The van der Waals surface area contributed by atoms with E-state index < -0.39 is 12.0 Å². The molecule has 5 heteroatoms. The van der Waals surface area contributed by atoms with Crippen molar-refractivity contribution >= 4 is 11.9 Å². The van der Waals surface area contributed by atoms with E-state index in [0.29, 0.717) is 30.4 Å². The second-order valence-corrected chi connectivity index (χ2v) is 7.15. The Labute approximate surface area is 142 Å². The van der Waals surface area contributed by atoms with Crippen molar-refractivity contribution in [1.82, 2.24) is 5.32 Å². The Kier molecular flexibility index (Phi) is 5.07. The molecule has 2 N–H and O–H groups in total. The van der Waals surface area contributed by atoms with Gasteiger partial charge in [0.15, 0.2) is 6.04 Å². The summed E-state index contributed by atoms with van der Waals surface area (Å²) < 4.78 is 5.45. The van der Waals surface area contributed by atoms with Crippen LogP contribution in [0.1, 0.15) is 56.2 Å². The van der Waals surface area contributed by atoms with E-state index in [-0.39, 0.29) is 5.91 Å². The maximum Gasteiger partial charge on any atom is 0.330 e. The van der Waals surface area contributed by atoms with Crippen molar-refractivity contribution in [2.75, 3.05) is 6.61 Å². The van der Waals surface area contributed by atoms with Gasteiger partial charge in [-0.05, 0) is 47.9 Å². The molecule has 1 aliphatic carbocycles. The van der Waals surface area contributed by atoms with Crippen molar-refractivity contribution in [2.24, 2.45) is 11.8 Å². The van der Waals surface area contributed by atoms with Crippen molar-refractivity contribution in [3.63, 3.8) is 0 Å². The van der Waals surface area contributed by atoms with Crippen LogP contribution in [0.3, 0.4) is 0 Å². The smallest absolute Gasteiger partial charge is 0.330 e. The SMILES string of the molecule is CC1CCCC(CC(=O)NC(C(=O)O)c2ccc3c(c2)CCO3)C1.